The second kappa shape index (κ2) is 5.49. The highest BCUT2D eigenvalue weighted by Crippen LogP contribution is 2.29. The van der Waals surface area contributed by atoms with Gasteiger partial charge in [0.2, 0.25) is 5.82 Å². The number of hydrogen-bond donors (Lipinski definition) is 1. The van der Waals surface area contributed by atoms with Crippen molar-refractivity contribution in [2.75, 3.05) is 0 Å². The Balaban J connectivity index is 2.08. The number of carboxylic acid groups (broad SMARTS) is 1. The van der Waals surface area contributed by atoms with Crippen LogP contribution in [0.5, 0.6) is 0 Å². The molecule has 0 saturated heterocycles. The molecule has 1 heterocycles. The van der Waals surface area contributed by atoms with E-state index in [0.29, 0.717) is 11.4 Å². The summed E-state index contributed by atoms with van der Waals surface area (Å²) in [5.74, 6) is -0.456. The van der Waals surface area contributed by atoms with E-state index in [1.54, 1.807) is 18.2 Å². The summed E-state index contributed by atoms with van der Waals surface area (Å²) >= 11 is 3.42. The van der Waals surface area contributed by atoms with E-state index in [9.17, 15) is 9.90 Å². The maximum Gasteiger partial charge on any atom is 0.336 e. The van der Waals surface area contributed by atoms with E-state index in [1.807, 2.05) is 24.3 Å². The number of aromatic nitrogens is 2. The van der Waals surface area contributed by atoms with E-state index in [2.05, 4.69) is 26.1 Å². The van der Waals surface area contributed by atoms with E-state index in [-0.39, 0.29) is 11.5 Å². The van der Waals surface area contributed by atoms with E-state index in [0.717, 1.165) is 10.0 Å². The van der Waals surface area contributed by atoms with Gasteiger partial charge in [-0.2, -0.15) is 4.98 Å². The summed E-state index contributed by atoms with van der Waals surface area (Å²) < 4.78 is 6.04. The topological polar surface area (TPSA) is 76.2 Å². The van der Waals surface area contributed by atoms with Crippen LogP contribution in [0.1, 0.15) is 10.4 Å². The number of aromatic carboxylic acids is 1. The van der Waals surface area contributed by atoms with Gasteiger partial charge in [0.25, 0.3) is 5.89 Å². The fourth-order valence-corrected chi connectivity index (χ4v) is 2.40. The van der Waals surface area contributed by atoms with Crippen molar-refractivity contribution in [1.82, 2.24) is 10.1 Å². The van der Waals surface area contributed by atoms with Crippen LogP contribution in [0.3, 0.4) is 0 Å². The summed E-state index contributed by atoms with van der Waals surface area (Å²) in [6.45, 7) is 0. The van der Waals surface area contributed by atoms with E-state index in [4.69, 9.17) is 4.52 Å². The molecule has 0 unspecified atom stereocenters. The number of rotatable bonds is 3. The number of halogens is 1. The number of carboxylic acids is 1. The molecular weight excluding hydrogens is 336 g/mol. The van der Waals surface area contributed by atoms with Gasteiger partial charge in [-0.1, -0.05) is 45.4 Å². The smallest absolute Gasteiger partial charge is 0.336 e. The average molecular weight is 345 g/mol. The average Bonchev–Trinajstić information content (AvgIpc) is 2.97. The number of benzene rings is 2. The first-order valence-corrected chi connectivity index (χ1v) is 6.87. The Morgan fingerprint density at radius 1 is 1.05 bits per heavy atom. The molecule has 0 amide bonds. The molecule has 104 valence electrons. The molecule has 21 heavy (non-hydrogen) atoms. The standard InChI is InChI=1S/C15H9BrN2O3/c16-12-8-4-3-7-11(12)13-17-14(21-18-13)9-5-1-2-6-10(9)15(19)20/h1-8H,(H,19,20). The second-order valence-corrected chi connectivity index (χ2v) is 5.11. The molecule has 0 bridgehead atoms. The Morgan fingerprint density at radius 3 is 2.43 bits per heavy atom. The first kappa shape index (κ1) is 13.5. The largest absolute Gasteiger partial charge is 0.478 e. The predicted octanol–water partition coefficient (Wildman–Crippen LogP) is 3.86. The fourth-order valence-electron chi connectivity index (χ4n) is 1.94. The molecule has 0 aliphatic carbocycles. The van der Waals surface area contributed by atoms with Crippen LogP contribution in [0.4, 0.5) is 0 Å². The lowest BCUT2D eigenvalue weighted by molar-refractivity contribution is 0.0697. The number of nitrogens with zero attached hydrogens (tertiary/aromatic N) is 2. The highest BCUT2D eigenvalue weighted by molar-refractivity contribution is 9.10. The second-order valence-electron chi connectivity index (χ2n) is 4.25. The van der Waals surface area contributed by atoms with E-state index < -0.39 is 5.97 Å². The Bertz CT molecular complexity index is 814. The maximum absolute atomic E-state index is 11.2. The quantitative estimate of drug-likeness (QED) is 0.780. The molecule has 1 N–H and O–H groups in total. The Labute approximate surface area is 128 Å². The maximum atomic E-state index is 11.2. The van der Waals surface area contributed by atoms with Gasteiger partial charge in [-0.05, 0) is 24.3 Å². The van der Waals surface area contributed by atoms with Crippen LogP contribution < -0.4 is 0 Å². The zero-order chi connectivity index (χ0) is 14.8. The van der Waals surface area contributed by atoms with Crippen LogP contribution >= 0.6 is 15.9 Å². The third-order valence-corrected chi connectivity index (χ3v) is 3.62. The van der Waals surface area contributed by atoms with Gasteiger partial charge in [-0.3, -0.25) is 0 Å². The van der Waals surface area contributed by atoms with Crippen molar-refractivity contribution in [3.63, 3.8) is 0 Å². The van der Waals surface area contributed by atoms with Gasteiger partial charge >= 0.3 is 5.97 Å². The molecule has 2 aromatic carbocycles. The molecule has 0 aliphatic rings. The molecule has 3 rings (SSSR count). The van der Waals surface area contributed by atoms with Gasteiger partial charge < -0.3 is 9.63 Å². The minimum atomic E-state index is -1.04. The third-order valence-electron chi connectivity index (χ3n) is 2.93. The number of hydrogen-bond acceptors (Lipinski definition) is 4. The Morgan fingerprint density at radius 2 is 1.71 bits per heavy atom. The summed E-state index contributed by atoms with van der Waals surface area (Å²) in [5, 5.41) is 13.1. The van der Waals surface area contributed by atoms with Gasteiger partial charge in [-0.15, -0.1) is 0 Å². The van der Waals surface area contributed by atoms with E-state index in [1.165, 1.54) is 6.07 Å². The van der Waals surface area contributed by atoms with Crippen molar-refractivity contribution in [3.8, 4) is 22.8 Å². The zero-order valence-electron chi connectivity index (χ0n) is 10.7. The molecule has 0 fully saturated rings. The SMILES string of the molecule is O=C(O)c1ccccc1-c1nc(-c2ccccc2Br)no1. The molecule has 5 nitrogen and oxygen atoms in total. The lowest BCUT2D eigenvalue weighted by Crippen LogP contribution is -1.99. The van der Waals surface area contributed by atoms with Crippen LogP contribution in [0.2, 0.25) is 0 Å². The summed E-state index contributed by atoms with van der Waals surface area (Å²) in [5.41, 5.74) is 1.30. The molecule has 3 aromatic rings. The molecule has 0 radical (unpaired) electrons. The summed E-state index contributed by atoms with van der Waals surface area (Å²) in [6.07, 6.45) is 0. The van der Waals surface area contributed by atoms with Crippen molar-refractivity contribution < 1.29 is 14.4 Å². The van der Waals surface area contributed by atoms with Crippen LogP contribution in [-0.4, -0.2) is 21.2 Å². The molecular formula is C15H9BrN2O3. The van der Waals surface area contributed by atoms with Gasteiger partial charge in [0.1, 0.15) is 0 Å². The normalized spacial score (nSPS) is 10.5. The summed E-state index contributed by atoms with van der Waals surface area (Å²) in [4.78, 5) is 15.5. The first-order valence-electron chi connectivity index (χ1n) is 6.08. The number of carbonyl (C=O) groups is 1. The van der Waals surface area contributed by atoms with E-state index >= 15 is 0 Å². The van der Waals surface area contributed by atoms with Crippen molar-refractivity contribution in [2.24, 2.45) is 0 Å². The Hall–Kier alpha value is -2.47. The summed E-state index contributed by atoms with van der Waals surface area (Å²) in [6, 6.07) is 14.0. The van der Waals surface area contributed by atoms with Gasteiger partial charge in [0, 0.05) is 10.0 Å². The molecule has 0 aliphatic heterocycles. The minimum Gasteiger partial charge on any atom is -0.478 e. The summed E-state index contributed by atoms with van der Waals surface area (Å²) in [7, 11) is 0. The highest BCUT2D eigenvalue weighted by atomic mass is 79.9. The predicted molar refractivity (Wildman–Crippen MR) is 79.8 cm³/mol. The van der Waals surface area contributed by atoms with Crippen LogP contribution in [0, 0.1) is 0 Å². The Kier molecular flexibility index (Phi) is 3.53. The fraction of sp³-hybridized carbons (Fsp3) is 0. The molecule has 0 atom stereocenters. The lowest BCUT2D eigenvalue weighted by atomic mass is 10.1. The molecule has 0 spiro atoms. The lowest BCUT2D eigenvalue weighted by Gasteiger charge is -1.99. The van der Waals surface area contributed by atoms with Crippen LogP contribution in [0.25, 0.3) is 22.8 Å². The zero-order valence-corrected chi connectivity index (χ0v) is 12.2. The van der Waals surface area contributed by atoms with Crippen LogP contribution in [-0.2, 0) is 0 Å². The van der Waals surface area contributed by atoms with Crippen molar-refractivity contribution in [2.45, 2.75) is 0 Å². The van der Waals surface area contributed by atoms with Crippen molar-refractivity contribution in [1.29, 1.82) is 0 Å². The third kappa shape index (κ3) is 2.57. The minimum absolute atomic E-state index is 0.125. The van der Waals surface area contributed by atoms with Gasteiger partial charge in [0.05, 0.1) is 11.1 Å². The van der Waals surface area contributed by atoms with Gasteiger partial charge in [0.15, 0.2) is 0 Å². The molecule has 6 heteroatoms. The monoisotopic (exact) mass is 344 g/mol. The highest BCUT2D eigenvalue weighted by Gasteiger charge is 2.17. The van der Waals surface area contributed by atoms with Gasteiger partial charge in [-0.25, -0.2) is 4.79 Å². The van der Waals surface area contributed by atoms with Crippen LogP contribution in [0.15, 0.2) is 57.5 Å². The molecule has 1 aromatic heterocycles. The first-order chi connectivity index (χ1) is 10.2. The van der Waals surface area contributed by atoms with Crippen molar-refractivity contribution >= 4 is 21.9 Å². The molecule has 0 saturated carbocycles. The van der Waals surface area contributed by atoms with Crippen molar-refractivity contribution in [3.05, 3.63) is 58.6 Å².